The van der Waals surface area contributed by atoms with Crippen LogP contribution in [0.2, 0.25) is 0 Å². The van der Waals surface area contributed by atoms with E-state index in [1.807, 2.05) is 32.0 Å². The lowest BCUT2D eigenvalue weighted by atomic mass is 10.0. The minimum absolute atomic E-state index is 0.180. The molecule has 1 unspecified atom stereocenters. The van der Waals surface area contributed by atoms with E-state index in [4.69, 9.17) is 9.26 Å². The zero-order valence-corrected chi connectivity index (χ0v) is 13.0. The number of aryl methyl sites for hydroxylation is 3. The lowest BCUT2D eigenvalue weighted by Gasteiger charge is -2.18. The quantitative estimate of drug-likeness (QED) is 0.939. The summed E-state index contributed by atoms with van der Waals surface area (Å²) in [5, 5.41) is 6.77. The number of amides is 1. The van der Waals surface area contributed by atoms with E-state index >= 15 is 0 Å². The second-order valence-electron chi connectivity index (χ2n) is 5.14. The lowest BCUT2D eigenvalue weighted by molar-refractivity contribution is 0.0937. The summed E-state index contributed by atoms with van der Waals surface area (Å²) < 4.78 is 10.4. The Labute approximate surface area is 124 Å². The van der Waals surface area contributed by atoms with Crippen LogP contribution in [-0.4, -0.2) is 18.2 Å². The van der Waals surface area contributed by atoms with E-state index in [0.717, 1.165) is 16.9 Å². The van der Waals surface area contributed by atoms with Gasteiger partial charge in [0.2, 0.25) is 0 Å². The summed E-state index contributed by atoms with van der Waals surface area (Å²) in [6.07, 6.45) is 0. The molecule has 1 aromatic heterocycles. The van der Waals surface area contributed by atoms with E-state index < -0.39 is 0 Å². The third kappa shape index (κ3) is 3.07. The Hall–Kier alpha value is -2.30. The molecule has 5 nitrogen and oxygen atoms in total. The predicted molar refractivity (Wildman–Crippen MR) is 79.6 cm³/mol. The lowest BCUT2D eigenvalue weighted by Crippen LogP contribution is -2.27. The molecular weight excluding hydrogens is 268 g/mol. The summed E-state index contributed by atoms with van der Waals surface area (Å²) >= 11 is 0. The van der Waals surface area contributed by atoms with Gasteiger partial charge < -0.3 is 14.6 Å². The van der Waals surface area contributed by atoms with E-state index in [0.29, 0.717) is 17.0 Å². The summed E-state index contributed by atoms with van der Waals surface area (Å²) in [4.78, 5) is 12.4. The van der Waals surface area contributed by atoms with Crippen molar-refractivity contribution in [3.8, 4) is 5.75 Å². The molecule has 1 amide bonds. The number of hydrogen-bond donors (Lipinski definition) is 1. The maximum atomic E-state index is 12.4. The molecule has 2 aromatic rings. The fourth-order valence-electron chi connectivity index (χ4n) is 2.35. The third-order valence-corrected chi connectivity index (χ3v) is 3.46. The first-order valence-corrected chi connectivity index (χ1v) is 6.82. The van der Waals surface area contributed by atoms with Crippen molar-refractivity contribution in [3.63, 3.8) is 0 Å². The van der Waals surface area contributed by atoms with Gasteiger partial charge in [0.15, 0.2) is 0 Å². The number of hydrogen-bond acceptors (Lipinski definition) is 4. The van der Waals surface area contributed by atoms with Gasteiger partial charge in [-0.1, -0.05) is 22.9 Å². The van der Waals surface area contributed by atoms with Crippen molar-refractivity contribution >= 4 is 5.91 Å². The highest BCUT2D eigenvalue weighted by Gasteiger charge is 2.21. The van der Waals surface area contributed by atoms with Crippen LogP contribution < -0.4 is 10.1 Å². The molecule has 1 atom stereocenters. The van der Waals surface area contributed by atoms with Gasteiger partial charge in [0.25, 0.3) is 5.91 Å². The summed E-state index contributed by atoms with van der Waals surface area (Å²) in [6.45, 7) is 7.41. The van der Waals surface area contributed by atoms with Crippen molar-refractivity contribution in [2.75, 3.05) is 7.11 Å². The summed E-state index contributed by atoms with van der Waals surface area (Å²) in [5.41, 5.74) is 3.14. The van der Waals surface area contributed by atoms with Crippen LogP contribution in [0.5, 0.6) is 5.75 Å². The molecule has 1 aromatic carbocycles. The number of carbonyl (C=O) groups is 1. The van der Waals surface area contributed by atoms with Crippen LogP contribution in [0.1, 0.15) is 45.9 Å². The molecule has 0 bridgehead atoms. The Morgan fingerprint density at radius 2 is 2.05 bits per heavy atom. The molecule has 1 N–H and O–H groups in total. The van der Waals surface area contributed by atoms with E-state index in [2.05, 4.69) is 10.5 Å². The predicted octanol–water partition coefficient (Wildman–Crippen LogP) is 3.10. The molecule has 0 fully saturated rings. The number of ether oxygens (including phenoxy) is 1. The molecule has 0 saturated carbocycles. The molecule has 5 heteroatoms. The normalized spacial score (nSPS) is 12.0. The van der Waals surface area contributed by atoms with Crippen LogP contribution >= 0.6 is 0 Å². The van der Waals surface area contributed by atoms with Crippen molar-refractivity contribution < 1.29 is 14.1 Å². The van der Waals surface area contributed by atoms with Gasteiger partial charge in [-0.2, -0.15) is 0 Å². The first kappa shape index (κ1) is 15.1. The molecule has 0 spiro atoms. The van der Waals surface area contributed by atoms with Gasteiger partial charge in [-0.3, -0.25) is 4.79 Å². The highest BCUT2D eigenvalue weighted by atomic mass is 16.5. The molecule has 2 rings (SSSR count). The highest BCUT2D eigenvalue weighted by molar-refractivity contribution is 5.96. The SMILES string of the molecule is COc1ccc(C)cc1C(C)NC(=O)c1c(C)noc1C. The molecule has 1 heterocycles. The van der Waals surface area contributed by atoms with E-state index in [-0.39, 0.29) is 11.9 Å². The first-order valence-electron chi connectivity index (χ1n) is 6.82. The molecule has 0 aliphatic carbocycles. The zero-order chi connectivity index (χ0) is 15.6. The number of rotatable bonds is 4. The number of aromatic nitrogens is 1. The smallest absolute Gasteiger partial charge is 0.257 e. The van der Waals surface area contributed by atoms with Crippen molar-refractivity contribution in [2.45, 2.75) is 33.7 Å². The Morgan fingerprint density at radius 3 is 2.62 bits per heavy atom. The Balaban J connectivity index is 2.24. The summed E-state index contributed by atoms with van der Waals surface area (Å²) in [6, 6.07) is 5.71. The van der Waals surface area contributed by atoms with Crippen molar-refractivity contribution in [1.82, 2.24) is 10.5 Å². The second-order valence-corrected chi connectivity index (χ2v) is 5.14. The molecule has 21 heavy (non-hydrogen) atoms. The molecular formula is C16H20N2O3. The van der Waals surface area contributed by atoms with Crippen LogP contribution in [0.4, 0.5) is 0 Å². The minimum Gasteiger partial charge on any atom is -0.496 e. The van der Waals surface area contributed by atoms with E-state index in [9.17, 15) is 4.79 Å². The number of benzene rings is 1. The number of nitrogens with zero attached hydrogens (tertiary/aromatic N) is 1. The zero-order valence-electron chi connectivity index (χ0n) is 13.0. The first-order chi connectivity index (χ1) is 9.93. The number of nitrogens with one attached hydrogen (secondary N) is 1. The number of methoxy groups -OCH3 is 1. The van der Waals surface area contributed by atoms with Gasteiger partial charge >= 0.3 is 0 Å². The van der Waals surface area contributed by atoms with Crippen LogP contribution in [0, 0.1) is 20.8 Å². The number of carbonyl (C=O) groups excluding carboxylic acids is 1. The van der Waals surface area contributed by atoms with Crippen LogP contribution in [0.25, 0.3) is 0 Å². The largest absolute Gasteiger partial charge is 0.496 e. The van der Waals surface area contributed by atoms with Crippen LogP contribution in [0.15, 0.2) is 22.7 Å². The molecule has 0 saturated heterocycles. The minimum atomic E-state index is -0.192. The summed E-state index contributed by atoms with van der Waals surface area (Å²) in [5.74, 6) is 1.09. The van der Waals surface area contributed by atoms with Gasteiger partial charge in [0.05, 0.1) is 18.8 Å². The van der Waals surface area contributed by atoms with Gasteiger partial charge in [-0.05, 0) is 33.8 Å². The van der Waals surface area contributed by atoms with Crippen molar-refractivity contribution in [2.24, 2.45) is 0 Å². The fourth-order valence-corrected chi connectivity index (χ4v) is 2.35. The Morgan fingerprint density at radius 1 is 1.33 bits per heavy atom. The van der Waals surface area contributed by atoms with Gasteiger partial charge in [0.1, 0.15) is 17.1 Å². The van der Waals surface area contributed by atoms with Crippen molar-refractivity contribution in [3.05, 3.63) is 46.3 Å². The maximum absolute atomic E-state index is 12.4. The average molecular weight is 288 g/mol. The fraction of sp³-hybridized carbons (Fsp3) is 0.375. The molecule has 0 aliphatic heterocycles. The topological polar surface area (TPSA) is 64.4 Å². The summed E-state index contributed by atoms with van der Waals surface area (Å²) in [7, 11) is 1.62. The van der Waals surface area contributed by atoms with Gasteiger partial charge in [-0.25, -0.2) is 0 Å². The van der Waals surface area contributed by atoms with E-state index in [1.54, 1.807) is 21.0 Å². The maximum Gasteiger partial charge on any atom is 0.257 e. The monoisotopic (exact) mass is 288 g/mol. The highest BCUT2D eigenvalue weighted by Crippen LogP contribution is 2.26. The van der Waals surface area contributed by atoms with Crippen LogP contribution in [0.3, 0.4) is 0 Å². The Kier molecular flexibility index (Phi) is 4.31. The molecule has 112 valence electrons. The van der Waals surface area contributed by atoms with Crippen molar-refractivity contribution in [1.29, 1.82) is 0 Å². The van der Waals surface area contributed by atoms with Crippen LogP contribution in [-0.2, 0) is 0 Å². The molecule has 0 radical (unpaired) electrons. The van der Waals surface area contributed by atoms with E-state index in [1.165, 1.54) is 0 Å². The third-order valence-electron chi connectivity index (χ3n) is 3.46. The Bertz CT molecular complexity index is 642. The average Bonchev–Trinajstić information content (AvgIpc) is 2.78. The van der Waals surface area contributed by atoms with Gasteiger partial charge in [-0.15, -0.1) is 0 Å². The standard InChI is InChI=1S/C16H20N2O3/c1-9-6-7-14(20-5)13(8-9)10(2)17-16(19)15-11(3)18-21-12(15)4/h6-8,10H,1-5H3,(H,17,19). The second kappa shape index (κ2) is 5.99. The molecule has 0 aliphatic rings. The van der Waals surface area contributed by atoms with Gasteiger partial charge in [0, 0.05) is 5.56 Å².